The second kappa shape index (κ2) is 8.46. The average molecular weight is 369 g/mol. The van der Waals surface area contributed by atoms with E-state index < -0.39 is 5.82 Å². The number of rotatable bonds is 7. The summed E-state index contributed by atoms with van der Waals surface area (Å²) in [5.41, 5.74) is 1.67. The van der Waals surface area contributed by atoms with Gasteiger partial charge in [0.15, 0.2) is 0 Å². The third-order valence-electron chi connectivity index (χ3n) is 4.00. The van der Waals surface area contributed by atoms with Gasteiger partial charge in [-0.1, -0.05) is 12.1 Å². The maximum absolute atomic E-state index is 14.2. The molecular weight excluding hydrogens is 349 g/mol. The SMILES string of the molecule is COCCNC(=O)c1cc(-c2ccccc2F)nn1-c1ccc(OC)cc1. The first kappa shape index (κ1) is 18.6. The van der Waals surface area contributed by atoms with Gasteiger partial charge in [0.25, 0.3) is 5.91 Å². The molecule has 27 heavy (non-hydrogen) atoms. The van der Waals surface area contributed by atoms with Crippen molar-refractivity contribution < 1.29 is 18.7 Å². The number of hydrogen-bond donors (Lipinski definition) is 1. The highest BCUT2D eigenvalue weighted by molar-refractivity contribution is 5.94. The highest BCUT2D eigenvalue weighted by atomic mass is 19.1. The Labute approximate surface area is 156 Å². The predicted molar refractivity (Wildman–Crippen MR) is 99.7 cm³/mol. The molecule has 0 saturated carbocycles. The van der Waals surface area contributed by atoms with Crippen LogP contribution >= 0.6 is 0 Å². The summed E-state index contributed by atoms with van der Waals surface area (Å²) in [5.74, 6) is -0.0347. The molecule has 0 saturated heterocycles. The summed E-state index contributed by atoms with van der Waals surface area (Å²) in [7, 11) is 3.14. The van der Waals surface area contributed by atoms with Crippen LogP contribution in [-0.2, 0) is 4.74 Å². The van der Waals surface area contributed by atoms with Crippen molar-refractivity contribution in [2.24, 2.45) is 0 Å². The summed E-state index contributed by atoms with van der Waals surface area (Å²) in [6, 6.07) is 15.0. The molecule has 1 amide bonds. The molecule has 0 bridgehead atoms. The van der Waals surface area contributed by atoms with E-state index in [4.69, 9.17) is 9.47 Å². The Kier molecular flexibility index (Phi) is 5.83. The Morgan fingerprint density at radius 3 is 2.56 bits per heavy atom. The third kappa shape index (κ3) is 4.15. The minimum atomic E-state index is -0.400. The van der Waals surface area contributed by atoms with Crippen molar-refractivity contribution in [1.29, 1.82) is 0 Å². The van der Waals surface area contributed by atoms with Gasteiger partial charge in [-0.05, 0) is 42.5 Å². The van der Waals surface area contributed by atoms with Crippen LogP contribution < -0.4 is 10.1 Å². The summed E-state index contributed by atoms with van der Waals surface area (Å²) in [5, 5.41) is 7.23. The van der Waals surface area contributed by atoms with E-state index in [1.165, 1.54) is 10.7 Å². The Morgan fingerprint density at radius 1 is 1.15 bits per heavy atom. The van der Waals surface area contributed by atoms with Gasteiger partial charge in [0.1, 0.15) is 17.3 Å². The van der Waals surface area contributed by atoms with Crippen molar-refractivity contribution in [2.45, 2.75) is 0 Å². The summed E-state index contributed by atoms with van der Waals surface area (Å²) in [4.78, 5) is 12.6. The number of aromatic nitrogens is 2. The van der Waals surface area contributed by atoms with Gasteiger partial charge in [-0.2, -0.15) is 5.10 Å². The average Bonchev–Trinajstić information content (AvgIpc) is 3.14. The second-order valence-corrected chi connectivity index (χ2v) is 5.75. The van der Waals surface area contributed by atoms with E-state index >= 15 is 0 Å². The van der Waals surface area contributed by atoms with Crippen LogP contribution in [0, 0.1) is 5.82 Å². The molecule has 0 radical (unpaired) electrons. The van der Waals surface area contributed by atoms with E-state index in [2.05, 4.69) is 10.4 Å². The zero-order chi connectivity index (χ0) is 19.2. The van der Waals surface area contributed by atoms with Gasteiger partial charge in [0, 0.05) is 19.2 Å². The highest BCUT2D eigenvalue weighted by Crippen LogP contribution is 2.25. The molecule has 1 aromatic heterocycles. The smallest absolute Gasteiger partial charge is 0.270 e. The number of halogens is 1. The van der Waals surface area contributed by atoms with E-state index in [1.54, 1.807) is 62.8 Å². The standard InChI is InChI=1S/C20H20FN3O3/c1-26-12-11-22-20(25)19-13-18(16-5-3-4-6-17(16)21)23-24(19)14-7-9-15(27-2)10-8-14/h3-10,13H,11-12H2,1-2H3,(H,22,25). The largest absolute Gasteiger partial charge is 0.497 e. The second-order valence-electron chi connectivity index (χ2n) is 5.75. The van der Waals surface area contributed by atoms with Crippen LogP contribution in [0.15, 0.2) is 54.6 Å². The quantitative estimate of drug-likeness (QED) is 0.650. The van der Waals surface area contributed by atoms with E-state index in [-0.39, 0.29) is 5.91 Å². The van der Waals surface area contributed by atoms with E-state index in [1.807, 2.05) is 0 Å². The molecule has 0 unspecified atom stereocenters. The summed E-state index contributed by atoms with van der Waals surface area (Å²) in [6.07, 6.45) is 0. The van der Waals surface area contributed by atoms with Gasteiger partial charge < -0.3 is 14.8 Å². The van der Waals surface area contributed by atoms with Gasteiger partial charge in [0.2, 0.25) is 0 Å². The van der Waals surface area contributed by atoms with Crippen LogP contribution in [-0.4, -0.2) is 43.1 Å². The molecule has 2 aromatic carbocycles. The molecule has 0 spiro atoms. The lowest BCUT2D eigenvalue weighted by molar-refractivity contribution is 0.0929. The van der Waals surface area contributed by atoms with Crippen molar-refractivity contribution in [3.63, 3.8) is 0 Å². The van der Waals surface area contributed by atoms with E-state index in [0.717, 1.165) is 0 Å². The first-order valence-corrected chi connectivity index (χ1v) is 8.40. The molecule has 3 rings (SSSR count). The van der Waals surface area contributed by atoms with Crippen LogP contribution in [0.25, 0.3) is 16.9 Å². The van der Waals surface area contributed by atoms with Crippen molar-refractivity contribution in [1.82, 2.24) is 15.1 Å². The van der Waals surface area contributed by atoms with Crippen molar-refractivity contribution in [2.75, 3.05) is 27.4 Å². The Balaban J connectivity index is 2.03. The lowest BCUT2D eigenvalue weighted by Crippen LogP contribution is -2.28. The number of ether oxygens (including phenoxy) is 2. The first-order chi connectivity index (χ1) is 13.1. The summed E-state index contributed by atoms with van der Waals surface area (Å²) in [6.45, 7) is 0.751. The fourth-order valence-corrected chi connectivity index (χ4v) is 2.62. The number of methoxy groups -OCH3 is 2. The molecule has 0 aliphatic heterocycles. The number of hydrogen-bond acceptors (Lipinski definition) is 4. The van der Waals surface area contributed by atoms with Gasteiger partial charge >= 0.3 is 0 Å². The molecule has 1 N–H and O–H groups in total. The summed E-state index contributed by atoms with van der Waals surface area (Å²) < 4.78 is 25.8. The van der Waals surface area contributed by atoms with Gasteiger partial charge in [-0.25, -0.2) is 9.07 Å². The first-order valence-electron chi connectivity index (χ1n) is 8.40. The lowest BCUT2D eigenvalue weighted by atomic mass is 10.1. The van der Waals surface area contributed by atoms with Gasteiger partial charge in [-0.15, -0.1) is 0 Å². The van der Waals surface area contributed by atoms with Crippen molar-refractivity contribution in [3.05, 3.63) is 66.1 Å². The Hall–Kier alpha value is -3.19. The molecule has 0 atom stereocenters. The van der Waals surface area contributed by atoms with Crippen LogP contribution in [0.3, 0.4) is 0 Å². The number of amides is 1. The monoisotopic (exact) mass is 369 g/mol. The van der Waals surface area contributed by atoms with Crippen LogP contribution in [0.2, 0.25) is 0 Å². The summed E-state index contributed by atoms with van der Waals surface area (Å²) >= 11 is 0. The molecule has 1 heterocycles. The molecule has 0 aliphatic carbocycles. The minimum absolute atomic E-state index is 0.300. The topological polar surface area (TPSA) is 65.4 Å². The molecule has 7 heteroatoms. The van der Waals surface area contributed by atoms with Crippen LogP contribution in [0.1, 0.15) is 10.5 Å². The van der Waals surface area contributed by atoms with Crippen molar-refractivity contribution in [3.8, 4) is 22.7 Å². The highest BCUT2D eigenvalue weighted by Gasteiger charge is 2.19. The number of nitrogens with zero attached hydrogens (tertiary/aromatic N) is 2. The third-order valence-corrected chi connectivity index (χ3v) is 4.00. The number of carbonyl (C=O) groups is 1. The minimum Gasteiger partial charge on any atom is -0.497 e. The molecule has 140 valence electrons. The number of carbonyl (C=O) groups excluding carboxylic acids is 1. The maximum Gasteiger partial charge on any atom is 0.270 e. The molecule has 0 fully saturated rings. The Bertz CT molecular complexity index is 922. The Morgan fingerprint density at radius 2 is 1.89 bits per heavy atom. The van der Waals surface area contributed by atoms with Crippen LogP contribution in [0.4, 0.5) is 4.39 Å². The van der Waals surface area contributed by atoms with Crippen LogP contribution in [0.5, 0.6) is 5.75 Å². The number of nitrogens with one attached hydrogen (secondary N) is 1. The van der Waals surface area contributed by atoms with Gasteiger partial charge in [0.05, 0.1) is 25.1 Å². The zero-order valence-corrected chi connectivity index (χ0v) is 15.1. The lowest BCUT2D eigenvalue weighted by Gasteiger charge is -2.09. The molecule has 0 aliphatic rings. The normalized spacial score (nSPS) is 10.6. The van der Waals surface area contributed by atoms with E-state index in [0.29, 0.717) is 41.5 Å². The van der Waals surface area contributed by atoms with E-state index in [9.17, 15) is 9.18 Å². The fourth-order valence-electron chi connectivity index (χ4n) is 2.62. The van der Waals surface area contributed by atoms with Gasteiger partial charge in [-0.3, -0.25) is 4.79 Å². The number of benzene rings is 2. The molecule has 6 nitrogen and oxygen atoms in total. The zero-order valence-electron chi connectivity index (χ0n) is 15.1. The predicted octanol–water partition coefficient (Wildman–Crippen LogP) is 3.06. The molecular formula is C20H20FN3O3. The molecule has 3 aromatic rings. The fraction of sp³-hybridized carbons (Fsp3) is 0.200. The van der Waals surface area contributed by atoms with Crippen molar-refractivity contribution >= 4 is 5.91 Å². The maximum atomic E-state index is 14.2.